The molecule has 8 nitrogen and oxygen atoms in total. The first-order valence-corrected chi connectivity index (χ1v) is 8.87. The number of carboxylic acid groups (broad SMARTS) is 1. The van der Waals surface area contributed by atoms with Gasteiger partial charge in [0.15, 0.2) is 0 Å². The number of nitrogens with one attached hydrogen (secondary N) is 2. The highest BCUT2D eigenvalue weighted by atomic mass is 32.2. The summed E-state index contributed by atoms with van der Waals surface area (Å²) in [5.41, 5.74) is -0.125. The van der Waals surface area contributed by atoms with E-state index in [1.165, 1.54) is 0 Å². The van der Waals surface area contributed by atoms with Crippen LogP contribution in [0.25, 0.3) is 0 Å². The molecule has 3 N–H and O–H groups in total. The van der Waals surface area contributed by atoms with Gasteiger partial charge >= 0.3 is 5.97 Å². The Kier molecular flexibility index (Phi) is 5.25. The summed E-state index contributed by atoms with van der Waals surface area (Å²) >= 11 is 0. The molecular weight excluding hydrogens is 327 g/mol. The number of sulfonamides is 2. The quantitative estimate of drug-likeness (QED) is 0.638. The topological polar surface area (TPSA) is 130 Å². The lowest BCUT2D eigenvalue weighted by Crippen LogP contribution is -2.27. The molecule has 0 heterocycles. The van der Waals surface area contributed by atoms with Gasteiger partial charge in [-0.15, -0.1) is 0 Å². The first kappa shape index (κ1) is 17.3. The average Bonchev–Trinajstić information content (AvgIpc) is 2.25. The first-order valence-electron chi connectivity index (χ1n) is 5.50. The predicted octanol–water partition coefficient (Wildman–Crippen LogP) is -0.0498. The zero-order chi connectivity index (χ0) is 16.3. The fraction of sp³-hybridized carbons (Fsp3) is 0.300. The van der Waals surface area contributed by atoms with E-state index in [-0.39, 0.29) is 12.2 Å². The van der Waals surface area contributed by atoms with Crippen molar-refractivity contribution in [3.05, 3.63) is 24.0 Å². The number of hydrogen-bond donors (Lipinski definition) is 3. The average molecular weight is 340 g/mol. The molecule has 1 aromatic carbocycles. The third-order valence-electron chi connectivity index (χ3n) is 2.16. The van der Waals surface area contributed by atoms with Crippen LogP contribution in [0.5, 0.6) is 0 Å². The van der Waals surface area contributed by atoms with Gasteiger partial charge in [0, 0.05) is 6.54 Å². The molecule has 0 saturated carbocycles. The van der Waals surface area contributed by atoms with Crippen molar-refractivity contribution >= 4 is 31.7 Å². The molecular formula is C10H13FN2O6S2. The van der Waals surface area contributed by atoms with Crippen molar-refractivity contribution in [2.75, 3.05) is 17.5 Å². The monoisotopic (exact) mass is 340 g/mol. The normalized spacial score (nSPS) is 12.1. The van der Waals surface area contributed by atoms with Crippen LogP contribution in [-0.4, -0.2) is 40.7 Å². The number of aliphatic carboxylic acids is 1. The number of benzene rings is 1. The first-order chi connectivity index (χ1) is 9.51. The van der Waals surface area contributed by atoms with Crippen LogP contribution in [0.15, 0.2) is 23.1 Å². The molecule has 11 heteroatoms. The molecule has 0 radical (unpaired) electrons. The molecule has 0 spiro atoms. The zero-order valence-corrected chi connectivity index (χ0v) is 12.5. The lowest BCUT2D eigenvalue weighted by molar-refractivity contribution is -0.136. The van der Waals surface area contributed by atoms with E-state index in [0.29, 0.717) is 6.07 Å². The Hall–Kier alpha value is -1.72. The number of carbonyl (C=O) groups is 1. The predicted molar refractivity (Wildman–Crippen MR) is 72.3 cm³/mol. The highest BCUT2D eigenvalue weighted by Crippen LogP contribution is 2.19. The van der Waals surface area contributed by atoms with Crippen molar-refractivity contribution in [3.8, 4) is 0 Å². The van der Waals surface area contributed by atoms with E-state index in [9.17, 15) is 26.0 Å². The highest BCUT2D eigenvalue weighted by molar-refractivity contribution is 7.92. The van der Waals surface area contributed by atoms with Gasteiger partial charge in [-0.25, -0.2) is 25.9 Å². The van der Waals surface area contributed by atoms with Crippen LogP contribution >= 0.6 is 0 Å². The van der Waals surface area contributed by atoms with Crippen molar-refractivity contribution in [1.29, 1.82) is 0 Å². The van der Waals surface area contributed by atoms with Crippen LogP contribution < -0.4 is 9.44 Å². The summed E-state index contributed by atoms with van der Waals surface area (Å²) < 4.78 is 63.1. The number of hydrogen-bond acceptors (Lipinski definition) is 5. The molecule has 0 fully saturated rings. The van der Waals surface area contributed by atoms with Crippen molar-refractivity contribution in [3.63, 3.8) is 0 Å². The Morgan fingerprint density at radius 1 is 1.29 bits per heavy atom. The maximum atomic E-state index is 13.7. The Bertz CT molecular complexity index is 745. The summed E-state index contributed by atoms with van der Waals surface area (Å²) in [5, 5.41) is 8.41. The molecule has 0 aliphatic carbocycles. The van der Waals surface area contributed by atoms with Crippen molar-refractivity contribution < 1.29 is 31.1 Å². The molecule has 0 aromatic heterocycles. The van der Waals surface area contributed by atoms with E-state index < -0.39 is 43.1 Å². The Labute approximate surface area is 121 Å². The van der Waals surface area contributed by atoms with E-state index in [1.54, 1.807) is 0 Å². The molecule has 21 heavy (non-hydrogen) atoms. The van der Waals surface area contributed by atoms with Crippen LogP contribution in [0.2, 0.25) is 0 Å². The van der Waals surface area contributed by atoms with E-state index in [2.05, 4.69) is 0 Å². The van der Waals surface area contributed by atoms with Gasteiger partial charge in [0.1, 0.15) is 10.7 Å². The minimum atomic E-state index is -4.21. The summed E-state index contributed by atoms with van der Waals surface area (Å²) in [6.45, 7) is -0.388. The molecule has 0 unspecified atom stereocenters. The van der Waals surface area contributed by atoms with Crippen molar-refractivity contribution in [1.82, 2.24) is 4.72 Å². The third-order valence-corrected chi connectivity index (χ3v) is 4.26. The standard InChI is InChI=1S/C10H13FN2O6S2/c1-20(16,17)13-7-2-3-9(8(11)6-7)21(18,19)12-5-4-10(14)15/h2-3,6,12-13H,4-5H2,1H3,(H,14,15). The summed E-state index contributed by atoms with van der Waals surface area (Å²) in [6.07, 6.45) is 0.414. The minimum absolute atomic E-state index is 0.125. The van der Waals surface area contributed by atoms with E-state index in [1.807, 2.05) is 9.44 Å². The van der Waals surface area contributed by atoms with E-state index in [4.69, 9.17) is 5.11 Å². The van der Waals surface area contributed by atoms with Gasteiger partial charge in [-0.1, -0.05) is 0 Å². The largest absolute Gasteiger partial charge is 0.481 e. The molecule has 118 valence electrons. The number of rotatable bonds is 7. The van der Waals surface area contributed by atoms with Gasteiger partial charge in [0.2, 0.25) is 20.0 Å². The van der Waals surface area contributed by atoms with Gasteiger partial charge in [-0.05, 0) is 18.2 Å². The number of carboxylic acids is 1. The molecule has 0 aliphatic heterocycles. The Morgan fingerprint density at radius 3 is 2.38 bits per heavy atom. The second-order valence-corrected chi connectivity index (χ2v) is 7.54. The Morgan fingerprint density at radius 2 is 1.90 bits per heavy atom. The smallest absolute Gasteiger partial charge is 0.304 e. The molecule has 0 amide bonds. The molecule has 1 rings (SSSR count). The van der Waals surface area contributed by atoms with Gasteiger partial charge in [0.25, 0.3) is 0 Å². The third kappa shape index (κ3) is 5.65. The number of halogens is 1. The summed E-state index contributed by atoms with van der Waals surface area (Å²) in [6, 6.07) is 2.68. The van der Waals surface area contributed by atoms with E-state index in [0.717, 1.165) is 18.4 Å². The van der Waals surface area contributed by atoms with Crippen molar-refractivity contribution in [2.24, 2.45) is 0 Å². The molecule has 0 aliphatic rings. The van der Waals surface area contributed by atoms with Crippen LogP contribution in [0.3, 0.4) is 0 Å². The molecule has 1 aromatic rings. The second-order valence-electron chi connectivity index (χ2n) is 4.06. The van der Waals surface area contributed by atoms with Gasteiger partial charge < -0.3 is 5.11 Å². The SMILES string of the molecule is CS(=O)(=O)Nc1ccc(S(=O)(=O)NCCC(=O)O)c(F)c1. The van der Waals surface area contributed by atoms with Crippen LogP contribution in [-0.2, 0) is 24.8 Å². The molecule has 0 bridgehead atoms. The lowest BCUT2D eigenvalue weighted by Gasteiger charge is -2.09. The second kappa shape index (κ2) is 6.37. The highest BCUT2D eigenvalue weighted by Gasteiger charge is 2.19. The molecule has 0 saturated heterocycles. The lowest BCUT2D eigenvalue weighted by atomic mass is 10.3. The zero-order valence-electron chi connectivity index (χ0n) is 10.8. The summed E-state index contributed by atoms with van der Waals surface area (Å²) in [7, 11) is -7.83. The van der Waals surface area contributed by atoms with Crippen molar-refractivity contribution in [2.45, 2.75) is 11.3 Å². The summed E-state index contributed by atoms with van der Waals surface area (Å²) in [5.74, 6) is -2.36. The maximum Gasteiger partial charge on any atom is 0.304 e. The van der Waals surface area contributed by atoms with Gasteiger partial charge in [-0.3, -0.25) is 9.52 Å². The van der Waals surface area contributed by atoms with Gasteiger partial charge in [-0.2, -0.15) is 0 Å². The fourth-order valence-corrected chi connectivity index (χ4v) is 3.01. The minimum Gasteiger partial charge on any atom is -0.481 e. The number of anilines is 1. The van der Waals surface area contributed by atoms with Crippen LogP contribution in [0, 0.1) is 5.82 Å². The maximum absolute atomic E-state index is 13.7. The summed E-state index contributed by atoms with van der Waals surface area (Å²) in [4.78, 5) is 9.59. The van der Waals surface area contributed by atoms with E-state index >= 15 is 0 Å². The fourth-order valence-electron chi connectivity index (χ4n) is 1.37. The van der Waals surface area contributed by atoms with Crippen LogP contribution in [0.4, 0.5) is 10.1 Å². The molecule has 0 atom stereocenters. The van der Waals surface area contributed by atoms with Crippen LogP contribution in [0.1, 0.15) is 6.42 Å². The Balaban J connectivity index is 2.96. The van der Waals surface area contributed by atoms with Gasteiger partial charge in [0.05, 0.1) is 18.4 Å².